The van der Waals surface area contributed by atoms with Crippen LogP contribution in [0.2, 0.25) is 0 Å². The molecule has 0 bridgehead atoms. The van der Waals surface area contributed by atoms with Gasteiger partial charge in [-0.1, -0.05) is 30.3 Å². The van der Waals surface area contributed by atoms with Crippen LogP contribution in [-0.2, 0) is 21.1 Å². The van der Waals surface area contributed by atoms with Gasteiger partial charge >= 0.3 is 0 Å². The number of nitrogens with zero attached hydrogens (tertiary/aromatic N) is 1. The third kappa shape index (κ3) is 5.14. The van der Waals surface area contributed by atoms with E-state index in [1.54, 1.807) is 5.48 Å². The second kappa shape index (κ2) is 8.56. The van der Waals surface area contributed by atoms with Crippen LogP contribution in [0.25, 0.3) is 0 Å². The van der Waals surface area contributed by atoms with E-state index in [1.165, 1.54) is 24.5 Å². The SMILES string of the molecule is O=C(NO)C(CCCc1ccccc1)CS(=O)(=O)c1ccncc1. The van der Waals surface area contributed by atoms with Crippen LogP contribution in [-0.4, -0.2) is 30.3 Å². The van der Waals surface area contributed by atoms with Crippen molar-refractivity contribution in [3.05, 3.63) is 60.4 Å². The molecule has 0 aliphatic heterocycles. The van der Waals surface area contributed by atoms with Crippen molar-refractivity contribution in [1.82, 2.24) is 10.5 Å². The number of aromatic nitrogens is 1. The Balaban J connectivity index is 2.02. The molecule has 2 rings (SSSR count). The fourth-order valence-corrected chi connectivity index (χ4v) is 4.06. The van der Waals surface area contributed by atoms with Gasteiger partial charge in [-0.2, -0.15) is 0 Å². The number of carbonyl (C=O) groups excluding carboxylic acids is 1. The second-order valence-electron chi connectivity index (χ2n) is 5.52. The minimum absolute atomic E-state index is 0.122. The summed E-state index contributed by atoms with van der Waals surface area (Å²) in [6, 6.07) is 12.5. The molecule has 6 nitrogen and oxygen atoms in total. The molecule has 1 atom stereocenters. The first-order chi connectivity index (χ1) is 11.5. The Labute approximate surface area is 141 Å². The molecule has 0 aliphatic carbocycles. The first-order valence-electron chi connectivity index (χ1n) is 7.63. The Bertz CT molecular complexity index is 749. The Kier molecular flexibility index (Phi) is 6.45. The molecule has 128 valence electrons. The molecular weight excluding hydrogens is 328 g/mol. The van der Waals surface area contributed by atoms with Gasteiger partial charge in [0.25, 0.3) is 0 Å². The number of aryl methyl sites for hydroxylation is 1. The van der Waals surface area contributed by atoms with E-state index in [-0.39, 0.29) is 10.6 Å². The maximum Gasteiger partial charge on any atom is 0.247 e. The molecule has 24 heavy (non-hydrogen) atoms. The zero-order valence-electron chi connectivity index (χ0n) is 13.1. The number of amides is 1. The van der Waals surface area contributed by atoms with Gasteiger partial charge in [0, 0.05) is 12.4 Å². The van der Waals surface area contributed by atoms with Crippen LogP contribution in [0.15, 0.2) is 59.8 Å². The zero-order chi connectivity index (χ0) is 17.4. The first-order valence-corrected chi connectivity index (χ1v) is 9.29. The summed E-state index contributed by atoms with van der Waals surface area (Å²) in [4.78, 5) is 15.7. The summed E-state index contributed by atoms with van der Waals surface area (Å²) in [5.41, 5.74) is 2.69. The highest BCUT2D eigenvalue weighted by Gasteiger charge is 2.26. The van der Waals surface area contributed by atoms with Crippen LogP contribution >= 0.6 is 0 Å². The van der Waals surface area contributed by atoms with Crippen molar-refractivity contribution in [2.45, 2.75) is 24.2 Å². The lowest BCUT2D eigenvalue weighted by molar-refractivity contribution is -0.132. The molecule has 1 heterocycles. The number of nitrogens with one attached hydrogen (secondary N) is 1. The largest absolute Gasteiger partial charge is 0.289 e. The van der Waals surface area contributed by atoms with Crippen molar-refractivity contribution in [1.29, 1.82) is 0 Å². The van der Waals surface area contributed by atoms with Gasteiger partial charge in [0.05, 0.1) is 16.6 Å². The Morgan fingerprint density at radius 1 is 1.12 bits per heavy atom. The number of hydrogen-bond acceptors (Lipinski definition) is 5. The van der Waals surface area contributed by atoms with Gasteiger partial charge in [0.15, 0.2) is 9.84 Å². The lowest BCUT2D eigenvalue weighted by Crippen LogP contribution is -2.33. The van der Waals surface area contributed by atoms with Crippen LogP contribution in [0.3, 0.4) is 0 Å². The highest BCUT2D eigenvalue weighted by atomic mass is 32.2. The monoisotopic (exact) mass is 348 g/mol. The van der Waals surface area contributed by atoms with Crippen LogP contribution in [0, 0.1) is 5.92 Å². The summed E-state index contributed by atoms with van der Waals surface area (Å²) in [6.45, 7) is 0. The zero-order valence-corrected chi connectivity index (χ0v) is 13.9. The van der Waals surface area contributed by atoms with Gasteiger partial charge in [0.2, 0.25) is 5.91 Å². The van der Waals surface area contributed by atoms with E-state index in [1.807, 2.05) is 30.3 Å². The summed E-state index contributed by atoms with van der Waals surface area (Å²) in [5.74, 6) is -1.84. The number of pyridine rings is 1. The lowest BCUT2D eigenvalue weighted by Gasteiger charge is -2.15. The summed E-state index contributed by atoms with van der Waals surface area (Å²) >= 11 is 0. The summed E-state index contributed by atoms with van der Waals surface area (Å²) in [5, 5.41) is 8.88. The normalized spacial score (nSPS) is 12.5. The summed E-state index contributed by atoms with van der Waals surface area (Å²) in [6.07, 6.45) is 4.54. The van der Waals surface area contributed by atoms with Crippen LogP contribution in [0.4, 0.5) is 0 Å². The minimum atomic E-state index is -3.62. The molecule has 1 amide bonds. The van der Waals surface area contributed by atoms with Crippen molar-refractivity contribution >= 4 is 15.7 Å². The number of benzene rings is 1. The Morgan fingerprint density at radius 2 is 1.79 bits per heavy atom. The quantitative estimate of drug-likeness (QED) is 0.562. The molecule has 1 aromatic carbocycles. The molecule has 7 heteroatoms. The average Bonchev–Trinajstić information content (AvgIpc) is 2.62. The van der Waals surface area contributed by atoms with E-state index in [0.717, 1.165) is 12.0 Å². The van der Waals surface area contributed by atoms with E-state index < -0.39 is 21.7 Å². The fourth-order valence-electron chi connectivity index (χ4n) is 2.49. The number of carbonyl (C=O) groups is 1. The van der Waals surface area contributed by atoms with Gasteiger partial charge in [-0.05, 0) is 37.0 Å². The highest BCUT2D eigenvalue weighted by Crippen LogP contribution is 2.18. The van der Waals surface area contributed by atoms with Gasteiger partial charge in [-0.25, -0.2) is 13.9 Å². The van der Waals surface area contributed by atoms with Crippen molar-refractivity contribution in [3.63, 3.8) is 0 Å². The lowest BCUT2D eigenvalue weighted by atomic mass is 10.0. The van der Waals surface area contributed by atoms with Crippen molar-refractivity contribution in [3.8, 4) is 0 Å². The third-order valence-electron chi connectivity index (χ3n) is 3.77. The van der Waals surface area contributed by atoms with E-state index in [4.69, 9.17) is 5.21 Å². The van der Waals surface area contributed by atoms with Gasteiger partial charge in [-0.15, -0.1) is 0 Å². The van der Waals surface area contributed by atoms with Gasteiger partial charge in [0.1, 0.15) is 0 Å². The molecule has 0 radical (unpaired) electrons. The summed E-state index contributed by atoms with van der Waals surface area (Å²) < 4.78 is 24.8. The maximum absolute atomic E-state index is 12.4. The fraction of sp³-hybridized carbons (Fsp3) is 0.294. The van der Waals surface area contributed by atoms with Crippen molar-refractivity contribution < 1.29 is 18.4 Å². The summed E-state index contributed by atoms with van der Waals surface area (Å²) in [7, 11) is -3.62. The average molecular weight is 348 g/mol. The predicted octanol–water partition coefficient (Wildman–Crippen LogP) is 2.00. The molecule has 1 unspecified atom stereocenters. The molecular formula is C17H20N2O4S. The maximum atomic E-state index is 12.4. The van der Waals surface area contributed by atoms with Crippen LogP contribution in [0.1, 0.15) is 18.4 Å². The predicted molar refractivity (Wildman–Crippen MR) is 89.1 cm³/mol. The topological polar surface area (TPSA) is 96.4 Å². The minimum Gasteiger partial charge on any atom is -0.289 e. The number of hydroxylamine groups is 1. The van der Waals surface area contributed by atoms with E-state index in [0.29, 0.717) is 12.8 Å². The molecule has 0 spiro atoms. The third-order valence-corrected chi connectivity index (χ3v) is 5.60. The van der Waals surface area contributed by atoms with Crippen molar-refractivity contribution in [2.75, 3.05) is 5.75 Å². The van der Waals surface area contributed by atoms with Crippen LogP contribution in [0.5, 0.6) is 0 Å². The van der Waals surface area contributed by atoms with Gasteiger partial charge < -0.3 is 0 Å². The molecule has 0 saturated carbocycles. The van der Waals surface area contributed by atoms with E-state index in [2.05, 4.69) is 4.98 Å². The molecule has 0 saturated heterocycles. The Hall–Kier alpha value is -2.25. The first kappa shape index (κ1) is 18.1. The number of sulfone groups is 1. The van der Waals surface area contributed by atoms with E-state index >= 15 is 0 Å². The van der Waals surface area contributed by atoms with Gasteiger partial charge in [-0.3, -0.25) is 15.0 Å². The molecule has 2 aromatic rings. The van der Waals surface area contributed by atoms with E-state index in [9.17, 15) is 13.2 Å². The number of rotatable bonds is 8. The number of hydrogen-bond donors (Lipinski definition) is 2. The standard InChI is InChI=1S/C17H20N2O4S/c20-17(19-21)15(8-4-7-14-5-2-1-3-6-14)13-24(22,23)16-9-11-18-12-10-16/h1-3,5-6,9-12,15,21H,4,7-8,13H2,(H,19,20). The molecule has 1 aromatic heterocycles. The van der Waals surface area contributed by atoms with Crippen LogP contribution < -0.4 is 5.48 Å². The Morgan fingerprint density at radius 3 is 2.42 bits per heavy atom. The molecule has 0 aliphatic rings. The molecule has 2 N–H and O–H groups in total. The second-order valence-corrected chi connectivity index (χ2v) is 7.55. The smallest absolute Gasteiger partial charge is 0.247 e. The highest BCUT2D eigenvalue weighted by molar-refractivity contribution is 7.91. The van der Waals surface area contributed by atoms with Crippen molar-refractivity contribution in [2.24, 2.45) is 5.92 Å². The molecule has 0 fully saturated rings.